The summed E-state index contributed by atoms with van der Waals surface area (Å²) in [5.74, 6) is 0.642. The van der Waals surface area contributed by atoms with Gasteiger partial charge in [0.25, 0.3) is 6.01 Å². The molecule has 2 aromatic heterocycles. The minimum absolute atomic E-state index is 0.0688. The molecule has 1 aliphatic rings. The molecule has 0 aliphatic carbocycles. The summed E-state index contributed by atoms with van der Waals surface area (Å²) in [7, 11) is 0. The summed E-state index contributed by atoms with van der Waals surface area (Å²) in [4.78, 5) is 17.7. The van der Waals surface area contributed by atoms with Crippen molar-refractivity contribution >= 4 is 23.4 Å². The van der Waals surface area contributed by atoms with Crippen LogP contribution in [-0.4, -0.2) is 47.1 Å². The van der Waals surface area contributed by atoms with Crippen molar-refractivity contribution in [1.82, 2.24) is 20.1 Å². The first kappa shape index (κ1) is 18.1. The summed E-state index contributed by atoms with van der Waals surface area (Å²) in [5, 5.41) is 10.2. The molecule has 1 fully saturated rings. The van der Waals surface area contributed by atoms with Gasteiger partial charge in [0.15, 0.2) is 5.76 Å². The van der Waals surface area contributed by atoms with E-state index in [-0.39, 0.29) is 6.03 Å². The standard InChI is InChI=1S/C19H22N6O3/c1-2-27-10-9-24-13-15(11-22-24)23-18-21-12-17(28-18)14-3-5-16(6-4-14)25-8-7-20-19(25)26/h3-6,11-13H,2,7-10H2,1H3,(H,20,26)(H,21,23). The van der Waals surface area contributed by atoms with E-state index < -0.39 is 0 Å². The fourth-order valence-corrected chi connectivity index (χ4v) is 2.97. The largest absolute Gasteiger partial charge is 0.423 e. The molecule has 0 atom stereocenters. The van der Waals surface area contributed by atoms with Crippen molar-refractivity contribution in [2.45, 2.75) is 13.5 Å². The first-order valence-corrected chi connectivity index (χ1v) is 9.22. The molecule has 1 aliphatic heterocycles. The molecule has 1 saturated heterocycles. The number of anilines is 3. The van der Waals surface area contributed by atoms with E-state index >= 15 is 0 Å². The molecule has 0 radical (unpaired) electrons. The molecule has 146 valence electrons. The number of aromatic nitrogens is 3. The highest BCUT2D eigenvalue weighted by molar-refractivity contribution is 5.94. The summed E-state index contributed by atoms with van der Waals surface area (Å²) in [6, 6.07) is 7.95. The van der Waals surface area contributed by atoms with Crippen LogP contribution in [0.25, 0.3) is 11.3 Å². The van der Waals surface area contributed by atoms with Crippen molar-refractivity contribution in [2.24, 2.45) is 0 Å². The predicted molar refractivity (Wildman–Crippen MR) is 105 cm³/mol. The summed E-state index contributed by atoms with van der Waals surface area (Å²) in [6.07, 6.45) is 5.25. The molecule has 2 amide bonds. The lowest BCUT2D eigenvalue weighted by Gasteiger charge is -2.14. The monoisotopic (exact) mass is 382 g/mol. The van der Waals surface area contributed by atoms with Crippen LogP contribution in [0, 0.1) is 0 Å². The molecule has 9 nitrogen and oxygen atoms in total. The number of hydrogen-bond acceptors (Lipinski definition) is 6. The molecule has 0 spiro atoms. The van der Waals surface area contributed by atoms with E-state index in [4.69, 9.17) is 9.15 Å². The molecule has 0 saturated carbocycles. The Kier molecular flexibility index (Phi) is 5.24. The Morgan fingerprint density at radius 3 is 2.89 bits per heavy atom. The molecule has 9 heteroatoms. The van der Waals surface area contributed by atoms with E-state index in [1.165, 1.54) is 0 Å². The third-order valence-electron chi connectivity index (χ3n) is 4.38. The normalized spacial score (nSPS) is 13.8. The van der Waals surface area contributed by atoms with E-state index in [2.05, 4.69) is 20.7 Å². The van der Waals surface area contributed by atoms with E-state index in [0.29, 0.717) is 44.6 Å². The Morgan fingerprint density at radius 2 is 2.14 bits per heavy atom. The number of nitrogens with zero attached hydrogens (tertiary/aromatic N) is 4. The van der Waals surface area contributed by atoms with Crippen LogP contribution in [0.1, 0.15) is 6.92 Å². The van der Waals surface area contributed by atoms with Crippen molar-refractivity contribution < 1.29 is 13.9 Å². The number of urea groups is 1. The second kappa shape index (κ2) is 8.13. The van der Waals surface area contributed by atoms with Crippen LogP contribution in [0.4, 0.5) is 22.2 Å². The maximum Gasteiger partial charge on any atom is 0.321 e. The highest BCUT2D eigenvalue weighted by Crippen LogP contribution is 2.27. The SMILES string of the molecule is CCOCCn1cc(Nc2ncc(-c3ccc(N4CCNC4=O)cc3)o2)cn1. The van der Waals surface area contributed by atoms with E-state index in [1.807, 2.05) is 37.4 Å². The number of amides is 2. The summed E-state index contributed by atoms with van der Waals surface area (Å²) < 4.78 is 12.9. The van der Waals surface area contributed by atoms with E-state index in [9.17, 15) is 4.79 Å². The zero-order valence-electron chi connectivity index (χ0n) is 15.6. The molecule has 28 heavy (non-hydrogen) atoms. The zero-order chi connectivity index (χ0) is 19.3. The molecule has 0 bridgehead atoms. The van der Waals surface area contributed by atoms with Crippen molar-refractivity contribution in [3.05, 3.63) is 42.9 Å². The van der Waals surface area contributed by atoms with Gasteiger partial charge < -0.3 is 19.8 Å². The lowest BCUT2D eigenvalue weighted by molar-refractivity contribution is 0.136. The minimum Gasteiger partial charge on any atom is -0.423 e. The van der Waals surface area contributed by atoms with Crippen LogP contribution in [0.5, 0.6) is 0 Å². The van der Waals surface area contributed by atoms with Crippen molar-refractivity contribution in [1.29, 1.82) is 0 Å². The van der Waals surface area contributed by atoms with Crippen LogP contribution in [0.2, 0.25) is 0 Å². The summed E-state index contributed by atoms with van der Waals surface area (Å²) >= 11 is 0. The van der Waals surface area contributed by atoms with Gasteiger partial charge in [0.05, 0.1) is 31.2 Å². The van der Waals surface area contributed by atoms with Crippen LogP contribution in [0.3, 0.4) is 0 Å². The van der Waals surface area contributed by atoms with Gasteiger partial charge in [0.1, 0.15) is 0 Å². The highest BCUT2D eigenvalue weighted by atomic mass is 16.5. The lowest BCUT2D eigenvalue weighted by atomic mass is 10.1. The van der Waals surface area contributed by atoms with Gasteiger partial charge in [-0.25, -0.2) is 9.78 Å². The smallest absolute Gasteiger partial charge is 0.321 e. The predicted octanol–water partition coefficient (Wildman–Crippen LogP) is 2.85. The van der Waals surface area contributed by atoms with Gasteiger partial charge in [-0.05, 0) is 31.2 Å². The van der Waals surface area contributed by atoms with Crippen LogP contribution in [-0.2, 0) is 11.3 Å². The zero-order valence-corrected chi connectivity index (χ0v) is 15.6. The number of rotatable bonds is 8. The Morgan fingerprint density at radius 1 is 1.29 bits per heavy atom. The second-order valence-corrected chi connectivity index (χ2v) is 6.27. The highest BCUT2D eigenvalue weighted by Gasteiger charge is 2.21. The molecule has 3 aromatic rings. The minimum atomic E-state index is -0.0688. The Hall–Kier alpha value is -3.33. The molecule has 4 rings (SSSR count). The van der Waals surface area contributed by atoms with Gasteiger partial charge >= 0.3 is 6.03 Å². The number of benzene rings is 1. The number of ether oxygens (including phenoxy) is 1. The van der Waals surface area contributed by atoms with Crippen molar-refractivity contribution in [2.75, 3.05) is 36.5 Å². The van der Waals surface area contributed by atoms with Crippen molar-refractivity contribution in [3.8, 4) is 11.3 Å². The Bertz CT molecular complexity index is 933. The fourth-order valence-electron chi connectivity index (χ4n) is 2.97. The van der Waals surface area contributed by atoms with E-state index in [0.717, 1.165) is 16.9 Å². The Labute approximate surface area is 162 Å². The van der Waals surface area contributed by atoms with E-state index in [1.54, 1.807) is 22.0 Å². The quantitative estimate of drug-likeness (QED) is 0.582. The van der Waals surface area contributed by atoms with Gasteiger partial charge in [-0.1, -0.05) is 0 Å². The summed E-state index contributed by atoms with van der Waals surface area (Å²) in [5.41, 5.74) is 2.53. The molecular formula is C19H22N6O3. The van der Waals surface area contributed by atoms with Gasteiger partial charge in [-0.2, -0.15) is 5.10 Å². The van der Waals surface area contributed by atoms with Gasteiger partial charge in [0, 0.05) is 37.1 Å². The maximum absolute atomic E-state index is 11.7. The average Bonchev–Trinajstić information content (AvgIpc) is 3.44. The topological polar surface area (TPSA) is 97.5 Å². The van der Waals surface area contributed by atoms with Crippen LogP contribution < -0.4 is 15.5 Å². The third kappa shape index (κ3) is 3.99. The molecular weight excluding hydrogens is 360 g/mol. The first-order chi connectivity index (χ1) is 13.7. The number of carbonyl (C=O) groups is 1. The summed E-state index contributed by atoms with van der Waals surface area (Å²) in [6.45, 7) is 5.31. The Balaban J connectivity index is 1.39. The number of nitrogens with one attached hydrogen (secondary N) is 2. The van der Waals surface area contributed by atoms with Crippen LogP contribution in [0.15, 0.2) is 47.3 Å². The number of hydrogen-bond donors (Lipinski definition) is 2. The van der Waals surface area contributed by atoms with Gasteiger partial charge in [0.2, 0.25) is 0 Å². The first-order valence-electron chi connectivity index (χ1n) is 9.22. The van der Waals surface area contributed by atoms with Gasteiger partial charge in [-0.15, -0.1) is 0 Å². The van der Waals surface area contributed by atoms with Crippen molar-refractivity contribution in [3.63, 3.8) is 0 Å². The third-order valence-corrected chi connectivity index (χ3v) is 4.38. The number of oxazole rings is 1. The van der Waals surface area contributed by atoms with Gasteiger partial charge in [-0.3, -0.25) is 9.58 Å². The average molecular weight is 382 g/mol. The molecule has 0 unspecified atom stereocenters. The maximum atomic E-state index is 11.7. The second-order valence-electron chi connectivity index (χ2n) is 6.27. The fraction of sp³-hybridized carbons (Fsp3) is 0.316. The molecule has 1 aromatic carbocycles. The molecule has 3 heterocycles. The number of carbonyl (C=O) groups excluding carboxylic acids is 1. The van der Waals surface area contributed by atoms with Crippen LogP contribution >= 0.6 is 0 Å². The lowest BCUT2D eigenvalue weighted by Crippen LogP contribution is -2.27. The molecule has 2 N–H and O–H groups in total.